The Hall–Kier alpha value is -1.44. The van der Waals surface area contributed by atoms with Crippen LogP contribution in [0.2, 0.25) is 0 Å². The maximum Gasteiger partial charge on any atom is 0.300 e. The number of hydrogen-bond acceptors (Lipinski definition) is 5. The van der Waals surface area contributed by atoms with E-state index in [4.69, 9.17) is 34.8 Å². The van der Waals surface area contributed by atoms with Crippen molar-refractivity contribution in [2.24, 2.45) is 0 Å². The molecule has 7 heteroatoms. The van der Waals surface area contributed by atoms with Gasteiger partial charge >= 0.3 is 0 Å². The van der Waals surface area contributed by atoms with Crippen LogP contribution >= 0.6 is 0 Å². The number of carboxylic acids is 2. The summed E-state index contributed by atoms with van der Waals surface area (Å²) in [6.45, 7) is 5.91. The second-order valence-corrected chi connectivity index (χ2v) is 2.70. The lowest BCUT2D eigenvalue weighted by atomic mass is 10.4. The fourth-order valence-corrected chi connectivity index (χ4v) is 0.340. The predicted octanol–water partition coefficient (Wildman–Crippen LogP) is -0.276. The van der Waals surface area contributed by atoms with Gasteiger partial charge in [0.05, 0.1) is 19.8 Å². The van der Waals surface area contributed by atoms with Crippen molar-refractivity contribution >= 4 is 11.9 Å². The van der Waals surface area contributed by atoms with Gasteiger partial charge in [0.1, 0.15) is 6.10 Å². The lowest BCUT2D eigenvalue weighted by Gasteiger charge is -2.04. The van der Waals surface area contributed by atoms with Gasteiger partial charge in [0.15, 0.2) is 0 Å². The average molecular weight is 252 g/mol. The van der Waals surface area contributed by atoms with Crippen LogP contribution < -0.4 is 0 Å². The van der Waals surface area contributed by atoms with E-state index in [0.29, 0.717) is 6.61 Å². The molecule has 0 aliphatic rings. The maximum atomic E-state index is 9.00. The van der Waals surface area contributed by atoms with Crippen molar-refractivity contribution in [3.63, 3.8) is 0 Å². The van der Waals surface area contributed by atoms with Crippen LogP contribution in [0.4, 0.5) is 0 Å². The van der Waals surface area contributed by atoms with Crippen molar-refractivity contribution in [1.82, 2.24) is 0 Å². The van der Waals surface area contributed by atoms with E-state index in [9.17, 15) is 0 Å². The summed E-state index contributed by atoms with van der Waals surface area (Å²) >= 11 is 0. The summed E-state index contributed by atoms with van der Waals surface area (Å²) in [5.41, 5.74) is 0. The van der Waals surface area contributed by atoms with Crippen LogP contribution in [-0.2, 0) is 14.3 Å². The molecule has 7 nitrogen and oxygen atoms in total. The topological polar surface area (TPSA) is 124 Å². The highest BCUT2D eigenvalue weighted by Gasteiger charge is 1.98. The molecular weight excluding hydrogens is 232 g/mol. The van der Waals surface area contributed by atoms with Gasteiger partial charge in [-0.25, -0.2) is 0 Å². The summed E-state index contributed by atoms with van der Waals surface area (Å²) in [4.78, 5) is 18.0. The van der Waals surface area contributed by atoms with Crippen molar-refractivity contribution in [2.75, 3.05) is 19.8 Å². The molecule has 102 valence electrons. The van der Waals surface area contributed by atoms with Crippen LogP contribution in [0.25, 0.3) is 0 Å². The summed E-state index contributed by atoms with van der Waals surface area (Å²) in [6.07, 6.45) is 0.828. The van der Waals surface area contributed by atoms with E-state index in [2.05, 4.69) is 6.58 Å². The molecule has 1 unspecified atom stereocenters. The van der Waals surface area contributed by atoms with Crippen molar-refractivity contribution in [3.8, 4) is 0 Å². The average Bonchev–Trinajstić information content (AvgIpc) is 2.16. The van der Waals surface area contributed by atoms with Crippen LogP contribution in [-0.4, -0.2) is 58.3 Å². The first-order chi connectivity index (χ1) is 7.77. The van der Waals surface area contributed by atoms with E-state index in [1.807, 2.05) is 0 Å². The van der Waals surface area contributed by atoms with E-state index >= 15 is 0 Å². The molecule has 0 aliphatic carbocycles. The Morgan fingerprint density at radius 3 is 1.88 bits per heavy atom. The number of aliphatic carboxylic acids is 2. The zero-order valence-corrected chi connectivity index (χ0v) is 10.00. The summed E-state index contributed by atoms with van der Waals surface area (Å²) in [6, 6.07) is 0. The molecule has 0 aromatic rings. The molecule has 0 aromatic carbocycles. The Labute approximate surface area is 100.0 Å². The van der Waals surface area contributed by atoms with Gasteiger partial charge < -0.3 is 25.2 Å². The first-order valence-electron chi connectivity index (χ1n) is 4.64. The summed E-state index contributed by atoms with van der Waals surface area (Å²) in [5, 5.41) is 31.8. The third kappa shape index (κ3) is 74.3. The van der Waals surface area contributed by atoms with E-state index in [1.165, 1.54) is 0 Å². The highest BCUT2D eigenvalue weighted by atomic mass is 16.5. The second-order valence-electron chi connectivity index (χ2n) is 2.70. The van der Waals surface area contributed by atoms with E-state index in [-0.39, 0.29) is 13.2 Å². The Balaban J connectivity index is -0.000000205. The first kappa shape index (κ1) is 20.9. The minimum Gasteiger partial charge on any atom is -0.481 e. The molecule has 0 rings (SSSR count). The van der Waals surface area contributed by atoms with Gasteiger partial charge in [-0.15, -0.1) is 6.58 Å². The van der Waals surface area contributed by atoms with E-state index in [0.717, 1.165) is 13.8 Å². The third-order valence-electron chi connectivity index (χ3n) is 0.757. The van der Waals surface area contributed by atoms with Gasteiger partial charge in [0, 0.05) is 13.8 Å². The number of ether oxygens (including phenoxy) is 1. The van der Waals surface area contributed by atoms with Crippen LogP contribution in [0.1, 0.15) is 13.8 Å². The van der Waals surface area contributed by atoms with Crippen LogP contribution in [0.5, 0.6) is 0 Å². The van der Waals surface area contributed by atoms with Crippen molar-refractivity contribution in [1.29, 1.82) is 0 Å². The number of hydrogen-bond donors (Lipinski definition) is 4. The fraction of sp³-hybridized carbons (Fsp3) is 0.600. The summed E-state index contributed by atoms with van der Waals surface area (Å²) in [5.74, 6) is -1.67. The van der Waals surface area contributed by atoms with Crippen LogP contribution in [0, 0.1) is 0 Å². The SMILES string of the molecule is C=CCOCC(O)CO.CC(=O)O.CC(=O)O. The third-order valence-corrected chi connectivity index (χ3v) is 0.757. The minimum absolute atomic E-state index is 0.169. The van der Waals surface area contributed by atoms with E-state index in [1.54, 1.807) is 6.08 Å². The van der Waals surface area contributed by atoms with Gasteiger partial charge in [0.2, 0.25) is 0 Å². The van der Waals surface area contributed by atoms with Crippen molar-refractivity contribution in [2.45, 2.75) is 20.0 Å². The molecule has 0 saturated heterocycles. The molecule has 0 radical (unpaired) electrons. The molecule has 0 amide bonds. The second kappa shape index (κ2) is 17.0. The fourth-order valence-electron chi connectivity index (χ4n) is 0.340. The molecule has 0 aliphatic heterocycles. The lowest BCUT2D eigenvalue weighted by molar-refractivity contribution is -0.135. The molecule has 0 fully saturated rings. The molecule has 1 atom stereocenters. The molecule has 0 bridgehead atoms. The normalized spacial score (nSPS) is 9.88. The maximum absolute atomic E-state index is 9.00. The quantitative estimate of drug-likeness (QED) is 0.392. The van der Waals surface area contributed by atoms with Gasteiger partial charge in [-0.3, -0.25) is 9.59 Å². The Bertz CT molecular complexity index is 183. The highest BCUT2D eigenvalue weighted by molar-refractivity contribution is 5.63. The largest absolute Gasteiger partial charge is 0.481 e. The van der Waals surface area contributed by atoms with Gasteiger partial charge in [-0.2, -0.15) is 0 Å². The number of carboxylic acid groups (broad SMARTS) is 2. The van der Waals surface area contributed by atoms with Gasteiger partial charge in [-0.1, -0.05) is 6.08 Å². The van der Waals surface area contributed by atoms with Gasteiger partial charge in [-0.05, 0) is 0 Å². The van der Waals surface area contributed by atoms with Crippen molar-refractivity contribution < 1.29 is 34.8 Å². The minimum atomic E-state index is -0.833. The molecular formula is C10H20O7. The summed E-state index contributed by atoms with van der Waals surface area (Å²) in [7, 11) is 0. The van der Waals surface area contributed by atoms with Crippen LogP contribution in [0.15, 0.2) is 12.7 Å². The van der Waals surface area contributed by atoms with Crippen LogP contribution in [0.3, 0.4) is 0 Å². The standard InChI is InChI=1S/C6H12O3.2C2H4O2/c1-2-3-9-5-6(8)4-7;2*1-2(3)4/h2,6-8H,1,3-5H2;2*1H3,(H,3,4). The molecule has 0 heterocycles. The molecule has 0 spiro atoms. The smallest absolute Gasteiger partial charge is 0.300 e. The predicted molar refractivity (Wildman–Crippen MR) is 60.7 cm³/mol. The van der Waals surface area contributed by atoms with Gasteiger partial charge in [0.25, 0.3) is 11.9 Å². The monoisotopic (exact) mass is 252 g/mol. The molecule has 4 N–H and O–H groups in total. The Kier molecular flexibility index (Phi) is 20.9. The lowest BCUT2D eigenvalue weighted by Crippen LogP contribution is -2.19. The van der Waals surface area contributed by atoms with E-state index < -0.39 is 18.0 Å². The Morgan fingerprint density at radius 1 is 1.29 bits per heavy atom. The van der Waals surface area contributed by atoms with Crippen molar-refractivity contribution in [3.05, 3.63) is 12.7 Å². The summed E-state index contributed by atoms with van der Waals surface area (Å²) < 4.78 is 4.81. The molecule has 17 heavy (non-hydrogen) atoms. The molecule has 0 saturated carbocycles. The number of aliphatic hydroxyl groups is 2. The highest BCUT2D eigenvalue weighted by Crippen LogP contribution is 1.82. The Morgan fingerprint density at radius 2 is 1.65 bits per heavy atom. The zero-order valence-electron chi connectivity index (χ0n) is 10.00. The first-order valence-corrected chi connectivity index (χ1v) is 4.64. The molecule has 0 aromatic heterocycles. The zero-order chi connectivity index (χ0) is 14.3. The number of carbonyl (C=O) groups is 2. The number of aliphatic hydroxyl groups excluding tert-OH is 2. The number of rotatable bonds is 5.